The molecule has 0 aliphatic heterocycles. The third-order valence-corrected chi connectivity index (χ3v) is 4.99. The van der Waals surface area contributed by atoms with Gasteiger partial charge < -0.3 is 0 Å². The lowest BCUT2D eigenvalue weighted by Gasteiger charge is -2.31. The molecule has 2 rings (SSSR count). The fraction of sp³-hybridized carbons (Fsp3) is 0.789. The number of carbonyl (C=O) groups excluding carboxylic acids is 1. The van der Waals surface area contributed by atoms with E-state index in [-0.39, 0.29) is 5.91 Å². The van der Waals surface area contributed by atoms with Crippen LogP contribution < -0.4 is 5.43 Å². The van der Waals surface area contributed by atoms with Crippen LogP contribution in [0.25, 0.3) is 0 Å². The highest BCUT2D eigenvalue weighted by Gasteiger charge is 2.37. The van der Waals surface area contributed by atoms with Crippen LogP contribution in [0.3, 0.4) is 0 Å². The Bertz CT molecular complexity index is 400. The van der Waals surface area contributed by atoms with E-state index in [0.717, 1.165) is 19.3 Å². The van der Waals surface area contributed by atoms with Crippen molar-refractivity contribution in [2.75, 3.05) is 0 Å². The maximum atomic E-state index is 11.8. The second-order valence-corrected chi connectivity index (χ2v) is 6.85. The van der Waals surface area contributed by atoms with Crippen LogP contribution in [0.2, 0.25) is 0 Å². The summed E-state index contributed by atoms with van der Waals surface area (Å²) in [5.41, 5.74) is 3.93. The quantitative estimate of drug-likeness (QED) is 0.326. The molecule has 2 aliphatic rings. The smallest absolute Gasteiger partial charge is 0.240 e. The number of carbonyl (C=O) groups is 1. The van der Waals surface area contributed by atoms with E-state index < -0.39 is 0 Å². The van der Waals surface area contributed by atoms with Crippen molar-refractivity contribution in [3.63, 3.8) is 0 Å². The number of unbranched alkanes of at least 4 members (excludes halogenated alkanes) is 8. The number of amides is 1. The second-order valence-electron chi connectivity index (χ2n) is 6.85. The fourth-order valence-corrected chi connectivity index (χ4v) is 3.45. The Hall–Kier alpha value is -1.12. The molecule has 1 N–H and O–H groups in total. The molecular weight excluding hydrogens is 272 g/mol. The van der Waals surface area contributed by atoms with E-state index >= 15 is 0 Å². The van der Waals surface area contributed by atoms with Gasteiger partial charge in [0.1, 0.15) is 0 Å². The normalized spacial score (nSPS) is 24.3. The zero-order chi connectivity index (χ0) is 15.6. The van der Waals surface area contributed by atoms with Gasteiger partial charge in [-0.2, -0.15) is 5.10 Å². The van der Waals surface area contributed by atoms with Crippen molar-refractivity contribution in [2.24, 2.45) is 16.9 Å². The summed E-state index contributed by atoms with van der Waals surface area (Å²) in [5, 5.41) is 4.31. The molecule has 124 valence electrons. The molecule has 2 unspecified atom stereocenters. The highest BCUT2D eigenvalue weighted by Crippen LogP contribution is 2.40. The van der Waals surface area contributed by atoms with Gasteiger partial charge in [0, 0.05) is 18.1 Å². The first-order chi connectivity index (χ1) is 10.8. The molecule has 0 bridgehead atoms. The summed E-state index contributed by atoms with van der Waals surface area (Å²) in [5.74, 6) is 1.38. The molecule has 0 aromatic carbocycles. The van der Waals surface area contributed by atoms with Crippen LogP contribution in [0.1, 0.15) is 84.0 Å². The van der Waals surface area contributed by atoms with Crippen LogP contribution in [0.5, 0.6) is 0 Å². The first kappa shape index (κ1) is 17.2. The van der Waals surface area contributed by atoms with Gasteiger partial charge in [0.2, 0.25) is 5.91 Å². The summed E-state index contributed by atoms with van der Waals surface area (Å²) in [6.07, 6.45) is 18.9. The number of nitrogens with zero attached hydrogens (tertiary/aromatic N) is 1. The van der Waals surface area contributed by atoms with E-state index in [9.17, 15) is 4.79 Å². The number of nitrogens with one attached hydrogen (secondary N) is 1. The minimum Gasteiger partial charge on any atom is -0.273 e. The van der Waals surface area contributed by atoms with Gasteiger partial charge >= 0.3 is 0 Å². The van der Waals surface area contributed by atoms with Gasteiger partial charge in [-0.15, -0.1) is 0 Å². The number of hydrazone groups is 1. The molecule has 0 radical (unpaired) electrons. The molecule has 0 aromatic rings. The van der Waals surface area contributed by atoms with Crippen molar-refractivity contribution in [3.05, 3.63) is 12.2 Å². The molecule has 22 heavy (non-hydrogen) atoms. The molecule has 1 saturated carbocycles. The van der Waals surface area contributed by atoms with Gasteiger partial charge in [-0.05, 0) is 25.2 Å². The zero-order valence-electron chi connectivity index (χ0n) is 14.2. The van der Waals surface area contributed by atoms with Gasteiger partial charge in [-0.1, -0.05) is 70.4 Å². The Balaban J connectivity index is 1.41. The number of fused-ring (bicyclic) bond motifs is 1. The molecule has 0 aromatic heterocycles. The van der Waals surface area contributed by atoms with E-state index in [1.165, 1.54) is 57.1 Å². The Morgan fingerprint density at radius 2 is 1.82 bits per heavy atom. The third kappa shape index (κ3) is 5.58. The summed E-state index contributed by atoms with van der Waals surface area (Å²) >= 11 is 0. The Morgan fingerprint density at radius 3 is 2.50 bits per heavy atom. The van der Waals surface area contributed by atoms with Gasteiger partial charge in [-0.3, -0.25) is 4.79 Å². The van der Waals surface area contributed by atoms with Crippen LogP contribution in [-0.4, -0.2) is 11.6 Å². The molecule has 0 spiro atoms. The molecule has 2 atom stereocenters. The van der Waals surface area contributed by atoms with E-state index in [1.54, 1.807) is 0 Å². The average molecular weight is 304 g/mol. The first-order valence-corrected chi connectivity index (χ1v) is 9.33. The predicted molar refractivity (Wildman–Crippen MR) is 92.8 cm³/mol. The van der Waals surface area contributed by atoms with E-state index in [4.69, 9.17) is 0 Å². The lowest BCUT2D eigenvalue weighted by molar-refractivity contribution is -0.121. The molecular formula is C19H32N2O. The second kappa shape index (κ2) is 9.81. The van der Waals surface area contributed by atoms with Crippen LogP contribution in [-0.2, 0) is 4.79 Å². The van der Waals surface area contributed by atoms with Gasteiger partial charge in [0.05, 0.1) is 0 Å². The maximum absolute atomic E-state index is 11.8. The van der Waals surface area contributed by atoms with Crippen molar-refractivity contribution >= 4 is 11.6 Å². The Kier molecular flexibility index (Phi) is 7.68. The summed E-state index contributed by atoms with van der Waals surface area (Å²) in [7, 11) is 0. The monoisotopic (exact) mass is 304 g/mol. The van der Waals surface area contributed by atoms with Crippen LogP contribution in [0.15, 0.2) is 17.3 Å². The van der Waals surface area contributed by atoms with E-state index in [1.807, 2.05) is 0 Å². The molecule has 1 amide bonds. The molecule has 0 heterocycles. The minimum atomic E-state index is 0.0878. The zero-order valence-corrected chi connectivity index (χ0v) is 14.2. The largest absolute Gasteiger partial charge is 0.273 e. The predicted octanol–water partition coefficient (Wildman–Crippen LogP) is 4.98. The molecule has 0 saturated heterocycles. The fourth-order valence-electron chi connectivity index (χ4n) is 3.45. The van der Waals surface area contributed by atoms with Gasteiger partial charge in [0.15, 0.2) is 0 Å². The van der Waals surface area contributed by atoms with Gasteiger partial charge in [0.25, 0.3) is 0 Å². The average Bonchev–Trinajstić information content (AvgIpc) is 2.87. The summed E-state index contributed by atoms with van der Waals surface area (Å²) < 4.78 is 0. The summed E-state index contributed by atoms with van der Waals surface area (Å²) in [6.45, 7) is 2.25. The minimum absolute atomic E-state index is 0.0878. The standard InChI is InChI=1S/C19H32N2O/c1-2-3-4-5-6-7-8-9-10-14-19(22)21-20-18-15-16-12-11-13-17(16)18/h11-12,16-17H,2-10,13-15H2,1H3,(H,21,22). The maximum Gasteiger partial charge on any atom is 0.240 e. The number of allylic oxidation sites excluding steroid dienone is 2. The van der Waals surface area contributed by atoms with Crippen molar-refractivity contribution in [2.45, 2.75) is 84.0 Å². The molecule has 3 nitrogen and oxygen atoms in total. The SMILES string of the molecule is CCCCCCCCCCCC(=O)NN=C1CC2C=CCC12. The topological polar surface area (TPSA) is 41.5 Å². The molecule has 2 aliphatic carbocycles. The van der Waals surface area contributed by atoms with Crippen molar-refractivity contribution in [1.82, 2.24) is 5.43 Å². The van der Waals surface area contributed by atoms with Crippen LogP contribution in [0, 0.1) is 11.8 Å². The van der Waals surface area contributed by atoms with Gasteiger partial charge in [-0.25, -0.2) is 5.43 Å². The number of hydrogen-bond donors (Lipinski definition) is 1. The number of hydrogen-bond acceptors (Lipinski definition) is 2. The highest BCUT2D eigenvalue weighted by atomic mass is 16.2. The van der Waals surface area contributed by atoms with Crippen LogP contribution in [0.4, 0.5) is 0 Å². The molecule has 1 fully saturated rings. The lowest BCUT2D eigenvalue weighted by Crippen LogP contribution is -2.35. The van der Waals surface area contributed by atoms with E-state index in [0.29, 0.717) is 18.3 Å². The lowest BCUT2D eigenvalue weighted by atomic mass is 9.74. The Morgan fingerprint density at radius 1 is 1.14 bits per heavy atom. The van der Waals surface area contributed by atoms with Crippen molar-refractivity contribution in [1.29, 1.82) is 0 Å². The summed E-state index contributed by atoms with van der Waals surface area (Å²) in [4.78, 5) is 11.8. The number of rotatable bonds is 11. The van der Waals surface area contributed by atoms with Crippen molar-refractivity contribution in [3.8, 4) is 0 Å². The third-order valence-electron chi connectivity index (χ3n) is 4.99. The first-order valence-electron chi connectivity index (χ1n) is 9.33. The highest BCUT2D eigenvalue weighted by molar-refractivity contribution is 5.94. The van der Waals surface area contributed by atoms with Crippen LogP contribution >= 0.6 is 0 Å². The summed E-state index contributed by atoms with van der Waals surface area (Å²) in [6, 6.07) is 0. The molecule has 3 heteroatoms. The van der Waals surface area contributed by atoms with E-state index in [2.05, 4.69) is 29.6 Å². The van der Waals surface area contributed by atoms with Crippen molar-refractivity contribution < 1.29 is 4.79 Å². The Labute approximate surface area is 135 Å².